The zero-order chi connectivity index (χ0) is 10.7. The lowest BCUT2D eigenvalue weighted by Gasteiger charge is -2.41. The van der Waals surface area contributed by atoms with Crippen LogP contribution in [-0.4, -0.2) is 13.1 Å². The Morgan fingerprint density at radius 1 is 1.47 bits per heavy atom. The molecule has 1 aliphatic carbocycles. The van der Waals surface area contributed by atoms with E-state index in [1.807, 2.05) is 0 Å². The topological polar surface area (TPSA) is 38.0 Å². The van der Waals surface area contributed by atoms with E-state index in [2.05, 4.69) is 33.4 Å². The van der Waals surface area contributed by atoms with Gasteiger partial charge in [-0.3, -0.25) is 0 Å². The number of halogens is 1. The van der Waals surface area contributed by atoms with Crippen molar-refractivity contribution in [2.45, 2.75) is 25.8 Å². The van der Waals surface area contributed by atoms with Crippen LogP contribution >= 0.6 is 27.3 Å². The molecule has 0 aliphatic heterocycles. The van der Waals surface area contributed by atoms with Gasteiger partial charge in [-0.2, -0.15) is 0 Å². The van der Waals surface area contributed by atoms with Gasteiger partial charge < -0.3 is 11.1 Å². The van der Waals surface area contributed by atoms with E-state index in [1.54, 1.807) is 11.3 Å². The SMILES string of the molecule is NCC1(CNCc2ccc(Br)s2)CCC1. The van der Waals surface area contributed by atoms with Crippen LogP contribution in [0.2, 0.25) is 0 Å². The van der Waals surface area contributed by atoms with E-state index in [1.165, 1.54) is 27.9 Å². The summed E-state index contributed by atoms with van der Waals surface area (Å²) in [6.45, 7) is 2.87. The second-order valence-electron chi connectivity index (χ2n) is 4.37. The van der Waals surface area contributed by atoms with Gasteiger partial charge in [0.1, 0.15) is 0 Å². The first-order chi connectivity index (χ1) is 7.24. The molecule has 0 saturated heterocycles. The van der Waals surface area contributed by atoms with Gasteiger partial charge in [0.15, 0.2) is 0 Å². The third kappa shape index (κ3) is 2.81. The van der Waals surface area contributed by atoms with E-state index in [-0.39, 0.29) is 0 Å². The molecule has 0 bridgehead atoms. The van der Waals surface area contributed by atoms with Crippen molar-refractivity contribution in [1.82, 2.24) is 5.32 Å². The lowest BCUT2D eigenvalue weighted by Crippen LogP contribution is -2.45. The second-order valence-corrected chi connectivity index (χ2v) is 6.91. The van der Waals surface area contributed by atoms with Crippen molar-refractivity contribution < 1.29 is 0 Å². The van der Waals surface area contributed by atoms with E-state index in [0.717, 1.165) is 19.6 Å². The number of nitrogens with two attached hydrogens (primary N) is 1. The summed E-state index contributed by atoms with van der Waals surface area (Å²) in [6.07, 6.45) is 3.94. The fourth-order valence-electron chi connectivity index (χ4n) is 2.03. The Bertz CT molecular complexity index is 315. The number of hydrogen-bond acceptors (Lipinski definition) is 3. The van der Waals surface area contributed by atoms with Gasteiger partial charge in [0.2, 0.25) is 0 Å². The summed E-state index contributed by atoms with van der Waals surface area (Å²) < 4.78 is 1.21. The lowest BCUT2D eigenvalue weighted by atomic mass is 9.69. The molecule has 0 radical (unpaired) electrons. The lowest BCUT2D eigenvalue weighted by molar-refractivity contribution is 0.141. The molecule has 1 aromatic rings. The molecule has 1 aliphatic rings. The molecule has 0 aromatic carbocycles. The standard InChI is InChI=1S/C11H17BrN2S/c12-10-3-2-9(15-10)6-14-8-11(7-13)4-1-5-11/h2-3,14H,1,4-8,13H2. The smallest absolute Gasteiger partial charge is 0.0701 e. The van der Waals surface area contributed by atoms with Crippen LogP contribution in [0.15, 0.2) is 15.9 Å². The van der Waals surface area contributed by atoms with Crippen LogP contribution in [0.5, 0.6) is 0 Å². The monoisotopic (exact) mass is 288 g/mol. The minimum Gasteiger partial charge on any atom is -0.330 e. The van der Waals surface area contributed by atoms with Crippen LogP contribution in [0.25, 0.3) is 0 Å². The van der Waals surface area contributed by atoms with E-state index >= 15 is 0 Å². The Hall–Kier alpha value is 0.1000. The van der Waals surface area contributed by atoms with Crippen molar-refractivity contribution in [1.29, 1.82) is 0 Å². The van der Waals surface area contributed by atoms with Gasteiger partial charge in [-0.05, 0) is 52.9 Å². The van der Waals surface area contributed by atoms with Gasteiger partial charge >= 0.3 is 0 Å². The van der Waals surface area contributed by atoms with Crippen LogP contribution < -0.4 is 11.1 Å². The van der Waals surface area contributed by atoms with Crippen molar-refractivity contribution in [2.24, 2.45) is 11.1 Å². The highest BCUT2D eigenvalue weighted by molar-refractivity contribution is 9.11. The first-order valence-corrected chi connectivity index (χ1v) is 7.00. The van der Waals surface area contributed by atoms with Crippen LogP contribution in [0.1, 0.15) is 24.1 Å². The highest BCUT2D eigenvalue weighted by Gasteiger charge is 2.34. The van der Waals surface area contributed by atoms with Gasteiger partial charge in [0.25, 0.3) is 0 Å². The first kappa shape index (κ1) is 11.6. The van der Waals surface area contributed by atoms with Gasteiger partial charge in [-0.25, -0.2) is 0 Å². The molecule has 3 N–H and O–H groups in total. The minimum atomic E-state index is 0.411. The van der Waals surface area contributed by atoms with E-state index in [0.29, 0.717) is 5.41 Å². The van der Waals surface area contributed by atoms with Gasteiger partial charge in [0, 0.05) is 18.0 Å². The maximum Gasteiger partial charge on any atom is 0.0701 e. The van der Waals surface area contributed by atoms with Crippen LogP contribution in [0, 0.1) is 5.41 Å². The number of rotatable bonds is 5. The highest BCUT2D eigenvalue weighted by atomic mass is 79.9. The minimum absolute atomic E-state index is 0.411. The largest absolute Gasteiger partial charge is 0.330 e. The Labute approximate surface area is 103 Å². The second kappa shape index (κ2) is 4.95. The van der Waals surface area contributed by atoms with Crippen molar-refractivity contribution >= 4 is 27.3 Å². The number of nitrogens with one attached hydrogen (secondary N) is 1. The molecule has 1 saturated carbocycles. The van der Waals surface area contributed by atoms with Crippen LogP contribution in [-0.2, 0) is 6.54 Å². The summed E-state index contributed by atoms with van der Waals surface area (Å²) in [7, 11) is 0. The van der Waals surface area contributed by atoms with Crippen molar-refractivity contribution in [3.8, 4) is 0 Å². The zero-order valence-corrected chi connectivity index (χ0v) is 11.2. The van der Waals surface area contributed by atoms with Gasteiger partial charge in [-0.1, -0.05) is 6.42 Å². The van der Waals surface area contributed by atoms with Crippen LogP contribution in [0.4, 0.5) is 0 Å². The van der Waals surface area contributed by atoms with Gasteiger partial charge in [0.05, 0.1) is 3.79 Å². The summed E-state index contributed by atoms with van der Waals surface area (Å²) in [6, 6.07) is 4.27. The highest BCUT2D eigenvalue weighted by Crippen LogP contribution is 2.39. The average Bonchev–Trinajstić information content (AvgIpc) is 2.56. The number of thiophene rings is 1. The van der Waals surface area contributed by atoms with E-state index in [4.69, 9.17) is 5.73 Å². The molecular formula is C11H17BrN2S. The summed E-state index contributed by atoms with van der Waals surface area (Å²) in [5, 5.41) is 3.52. The molecule has 1 aromatic heterocycles. The first-order valence-electron chi connectivity index (χ1n) is 5.39. The van der Waals surface area contributed by atoms with E-state index in [9.17, 15) is 0 Å². The third-order valence-electron chi connectivity index (χ3n) is 3.28. The molecule has 1 heterocycles. The molecule has 0 unspecified atom stereocenters. The molecule has 0 atom stereocenters. The van der Waals surface area contributed by atoms with Crippen molar-refractivity contribution in [3.63, 3.8) is 0 Å². The Morgan fingerprint density at radius 3 is 2.73 bits per heavy atom. The normalized spacial score (nSPS) is 18.8. The molecule has 1 fully saturated rings. The maximum atomic E-state index is 5.81. The number of hydrogen-bond donors (Lipinski definition) is 2. The van der Waals surface area contributed by atoms with Crippen molar-refractivity contribution in [3.05, 3.63) is 20.8 Å². The fraction of sp³-hybridized carbons (Fsp3) is 0.636. The average molecular weight is 289 g/mol. The van der Waals surface area contributed by atoms with Gasteiger partial charge in [-0.15, -0.1) is 11.3 Å². The quantitative estimate of drug-likeness (QED) is 0.874. The fourth-order valence-corrected chi connectivity index (χ4v) is 3.48. The van der Waals surface area contributed by atoms with E-state index < -0.39 is 0 Å². The molecule has 0 spiro atoms. The maximum absolute atomic E-state index is 5.81. The Morgan fingerprint density at radius 2 is 2.27 bits per heavy atom. The molecule has 2 rings (SSSR count). The molecule has 84 valence electrons. The van der Waals surface area contributed by atoms with Crippen molar-refractivity contribution in [2.75, 3.05) is 13.1 Å². The summed E-state index contributed by atoms with van der Waals surface area (Å²) in [5.41, 5.74) is 6.22. The molecule has 4 heteroatoms. The predicted octanol–water partition coefficient (Wildman–Crippen LogP) is 2.73. The predicted molar refractivity (Wildman–Crippen MR) is 69.1 cm³/mol. The Balaban J connectivity index is 1.74. The molecular weight excluding hydrogens is 272 g/mol. The summed E-state index contributed by atoms with van der Waals surface area (Å²) in [5.74, 6) is 0. The summed E-state index contributed by atoms with van der Waals surface area (Å²) >= 11 is 5.27. The molecule has 0 amide bonds. The zero-order valence-electron chi connectivity index (χ0n) is 8.76. The molecule has 2 nitrogen and oxygen atoms in total. The van der Waals surface area contributed by atoms with Crippen LogP contribution in [0.3, 0.4) is 0 Å². The molecule has 15 heavy (non-hydrogen) atoms. The Kier molecular flexibility index (Phi) is 3.83. The summed E-state index contributed by atoms with van der Waals surface area (Å²) in [4.78, 5) is 1.38. The third-order valence-corrected chi connectivity index (χ3v) is 4.90.